The minimum absolute atomic E-state index is 0.0919. The van der Waals surface area contributed by atoms with Crippen LogP contribution in [0.25, 0.3) is 11.0 Å². The van der Waals surface area contributed by atoms with Gasteiger partial charge < -0.3 is 10.1 Å². The molecule has 1 fully saturated rings. The Bertz CT molecular complexity index is 629. The number of nitrogens with zero attached hydrogens (tertiary/aromatic N) is 4. The van der Waals surface area contributed by atoms with Crippen molar-refractivity contribution in [2.75, 3.05) is 20.2 Å². The molecule has 2 aromatic heterocycles. The van der Waals surface area contributed by atoms with Gasteiger partial charge in [-0.25, -0.2) is 9.67 Å². The molecule has 19 heavy (non-hydrogen) atoms. The van der Waals surface area contributed by atoms with Crippen molar-refractivity contribution in [2.45, 2.75) is 18.6 Å². The maximum atomic E-state index is 8.89. The van der Waals surface area contributed by atoms with Gasteiger partial charge in [0, 0.05) is 25.2 Å². The molecule has 0 bridgehead atoms. The summed E-state index contributed by atoms with van der Waals surface area (Å²) in [4.78, 5) is 4.36. The van der Waals surface area contributed by atoms with Crippen LogP contribution in [-0.4, -0.2) is 41.1 Å². The number of hydrogen-bond donors (Lipinski definition) is 1. The fraction of sp³-hybridized carbons (Fsp3) is 0.462. The minimum Gasteiger partial charge on any atom is -0.378 e. The zero-order valence-corrected chi connectivity index (χ0v) is 10.7. The zero-order chi connectivity index (χ0) is 13.2. The maximum Gasteiger partial charge on any atom is 0.158 e. The van der Waals surface area contributed by atoms with Gasteiger partial charge in [-0.2, -0.15) is 10.4 Å². The summed E-state index contributed by atoms with van der Waals surface area (Å²) in [6.07, 6.45) is 4.40. The molecule has 0 amide bonds. The summed E-state index contributed by atoms with van der Waals surface area (Å²) >= 11 is 0. The highest BCUT2D eigenvalue weighted by atomic mass is 16.5. The molecule has 0 saturated carbocycles. The van der Waals surface area contributed by atoms with Gasteiger partial charge >= 0.3 is 0 Å². The lowest BCUT2D eigenvalue weighted by atomic mass is 10.0. The molecule has 0 radical (unpaired) electrons. The van der Waals surface area contributed by atoms with Crippen molar-refractivity contribution in [2.24, 2.45) is 0 Å². The van der Waals surface area contributed by atoms with Crippen LogP contribution in [0.3, 0.4) is 0 Å². The number of aromatic nitrogens is 3. The first-order chi connectivity index (χ1) is 9.33. The number of nitriles is 1. The largest absolute Gasteiger partial charge is 0.378 e. The Balaban J connectivity index is 2.02. The molecule has 1 aliphatic rings. The Morgan fingerprint density at radius 2 is 2.42 bits per heavy atom. The standard InChI is InChI=1S/C13H15N5O/c1-19-12-8-15-3-2-11(12)18-13-10(7-17-18)4-9(5-14)6-16-13/h4,6-7,11-12,15H,2-3,8H2,1H3. The molecule has 2 atom stereocenters. The molecule has 1 saturated heterocycles. The molecular formula is C13H15N5O. The lowest BCUT2D eigenvalue weighted by Crippen LogP contribution is -2.43. The summed E-state index contributed by atoms with van der Waals surface area (Å²) in [5.74, 6) is 0. The van der Waals surface area contributed by atoms with E-state index in [0.717, 1.165) is 30.5 Å². The van der Waals surface area contributed by atoms with E-state index in [0.29, 0.717) is 5.56 Å². The van der Waals surface area contributed by atoms with Crippen molar-refractivity contribution in [1.29, 1.82) is 5.26 Å². The van der Waals surface area contributed by atoms with Crippen molar-refractivity contribution < 1.29 is 4.74 Å². The summed E-state index contributed by atoms with van der Waals surface area (Å²) in [7, 11) is 1.72. The third-order valence-corrected chi connectivity index (χ3v) is 3.57. The number of nitrogens with one attached hydrogen (secondary N) is 1. The number of ether oxygens (including phenoxy) is 1. The number of piperidine rings is 1. The highest BCUT2D eigenvalue weighted by Crippen LogP contribution is 2.24. The molecule has 1 aliphatic heterocycles. The van der Waals surface area contributed by atoms with Gasteiger partial charge in [-0.1, -0.05) is 0 Å². The summed E-state index contributed by atoms with van der Waals surface area (Å²) in [6, 6.07) is 4.09. The second-order valence-electron chi connectivity index (χ2n) is 4.67. The van der Waals surface area contributed by atoms with E-state index in [4.69, 9.17) is 10.00 Å². The Hall–Kier alpha value is -1.97. The highest BCUT2D eigenvalue weighted by molar-refractivity contribution is 5.75. The Morgan fingerprint density at radius 3 is 3.21 bits per heavy atom. The van der Waals surface area contributed by atoms with Crippen LogP contribution in [0, 0.1) is 11.3 Å². The maximum absolute atomic E-state index is 8.89. The molecule has 0 spiro atoms. The van der Waals surface area contributed by atoms with Crippen LogP contribution in [-0.2, 0) is 4.74 Å². The minimum atomic E-state index is 0.0919. The van der Waals surface area contributed by atoms with Crippen molar-refractivity contribution in [1.82, 2.24) is 20.1 Å². The fourth-order valence-corrected chi connectivity index (χ4v) is 2.58. The van der Waals surface area contributed by atoms with E-state index in [1.807, 2.05) is 10.7 Å². The highest BCUT2D eigenvalue weighted by Gasteiger charge is 2.28. The zero-order valence-electron chi connectivity index (χ0n) is 10.7. The molecule has 3 heterocycles. The van der Waals surface area contributed by atoms with Crippen molar-refractivity contribution in [3.05, 3.63) is 24.0 Å². The van der Waals surface area contributed by atoms with Gasteiger partial charge in [-0.3, -0.25) is 0 Å². The Kier molecular flexibility index (Phi) is 3.15. The third kappa shape index (κ3) is 2.07. The normalized spacial score (nSPS) is 23.4. The quantitative estimate of drug-likeness (QED) is 0.863. The molecule has 3 rings (SSSR count). The van der Waals surface area contributed by atoms with Crippen LogP contribution in [0.2, 0.25) is 0 Å². The van der Waals surface area contributed by atoms with Gasteiger partial charge in [0.25, 0.3) is 0 Å². The predicted octanol–water partition coefficient (Wildman–Crippen LogP) is 0.852. The number of pyridine rings is 1. The first kappa shape index (κ1) is 12.1. The molecule has 1 N–H and O–H groups in total. The smallest absolute Gasteiger partial charge is 0.158 e. The Morgan fingerprint density at radius 1 is 1.53 bits per heavy atom. The van der Waals surface area contributed by atoms with Gasteiger partial charge in [-0.15, -0.1) is 0 Å². The molecule has 0 aromatic carbocycles. The van der Waals surface area contributed by atoms with Crippen LogP contribution in [0.1, 0.15) is 18.0 Å². The van der Waals surface area contributed by atoms with E-state index in [-0.39, 0.29) is 12.1 Å². The summed E-state index contributed by atoms with van der Waals surface area (Å²) in [5, 5.41) is 17.5. The first-order valence-electron chi connectivity index (χ1n) is 6.30. The van der Waals surface area contributed by atoms with Gasteiger partial charge in [0.15, 0.2) is 5.65 Å². The fourth-order valence-electron chi connectivity index (χ4n) is 2.58. The average molecular weight is 257 g/mol. The molecular weight excluding hydrogens is 242 g/mol. The summed E-state index contributed by atoms with van der Waals surface area (Å²) in [6.45, 7) is 1.76. The van der Waals surface area contributed by atoms with Crippen LogP contribution in [0.15, 0.2) is 18.5 Å². The molecule has 0 aliphatic carbocycles. The molecule has 6 nitrogen and oxygen atoms in total. The van der Waals surface area contributed by atoms with E-state index in [2.05, 4.69) is 21.5 Å². The molecule has 2 aromatic rings. The van der Waals surface area contributed by atoms with Crippen LogP contribution in [0.5, 0.6) is 0 Å². The summed E-state index contributed by atoms with van der Waals surface area (Å²) < 4.78 is 7.44. The predicted molar refractivity (Wildman–Crippen MR) is 69.6 cm³/mol. The van der Waals surface area contributed by atoms with Gasteiger partial charge in [-0.05, 0) is 19.0 Å². The van der Waals surface area contributed by atoms with Gasteiger partial charge in [0.1, 0.15) is 6.07 Å². The summed E-state index contributed by atoms with van der Waals surface area (Å²) in [5.41, 5.74) is 1.37. The van der Waals surface area contributed by atoms with E-state index in [9.17, 15) is 0 Å². The number of methoxy groups -OCH3 is 1. The monoisotopic (exact) mass is 257 g/mol. The SMILES string of the molecule is COC1CNCCC1n1ncc2cc(C#N)cnc21. The number of rotatable bonds is 2. The second-order valence-corrected chi connectivity index (χ2v) is 4.67. The first-order valence-corrected chi connectivity index (χ1v) is 6.30. The van der Waals surface area contributed by atoms with E-state index in [1.54, 1.807) is 19.5 Å². The second kappa shape index (κ2) is 4.96. The van der Waals surface area contributed by atoms with Crippen molar-refractivity contribution in [3.8, 4) is 6.07 Å². The lowest BCUT2D eigenvalue weighted by molar-refractivity contribution is 0.0360. The van der Waals surface area contributed by atoms with Crippen molar-refractivity contribution in [3.63, 3.8) is 0 Å². The third-order valence-electron chi connectivity index (χ3n) is 3.57. The number of fused-ring (bicyclic) bond motifs is 1. The van der Waals surface area contributed by atoms with Crippen LogP contribution in [0.4, 0.5) is 0 Å². The van der Waals surface area contributed by atoms with Gasteiger partial charge in [0.2, 0.25) is 0 Å². The average Bonchev–Trinajstić information content (AvgIpc) is 2.89. The van der Waals surface area contributed by atoms with Crippen LogP contribution >= 0.6 is 0 Å². The molecule has 2 unspecified atom stereocenters. The lowest BCUT2D eigenvalue weighted by Gasteiger charge is -2.31. The van der Waals surface area contributed by atoms with Crippen LogP contribution < -0.4 is 5.32 Å². The Labute approximate surface area is 111 Å². The van der Waals surface area contributed by atoms with E-state index in [1.165, 1.54) is 0 Å². The van der Waals surface area contributed by atoms with Gasteiger partial charge in [0.05, 0.1) is 23.9 Å². The van der Waals surface area contributed by atoms with E-state index >= 15 is 0 Å². The number of hydrogen-bond acceptors (Lipinski definition) is 5. The van der Waals surface area contributed by atoms with Crippen molar-refractivity contribution >= 4 is 11.0 Å². The van der Waals surface area contributed by atoms with E-state index < -0.39 is 0 Å². The topological polar surface area (TPSA) is 75.8 Å². The molecule has 98 valence electrons. The molecule has 6 heteroatoms.